The molecular formula is C4H10ClNO2S. The van der Waals surface area contributed by atoms with Crippen molar-refractivity contribution in [3.8, 4) is 0 Å². The summed E-state index contributed by atoms with van der Waals surface area (Å²) in [5, 5.41) is -0.567. The molecule has 0 aromatic rings. The Hall–Kier alpha value is 0.200. The van der Waals surface area contributed by atoms with E-state index in [0.717, 1.165) is 6.42 Å². The highest BCUT2D eigenvalue weighted by molar-refractivity contribution is 7.92. The molecule has 5 heteroatoms. The lowest BCUT2D eigenvalue weighted by atomic mass is 10.3. The van der Waals surface area contributed by atoms with Gasteiger partial charge in [-0.05, 0) is 12.8 Å². The number of hydrogen-bond acceptors (Lipinski definition) is 3. The molecule has 0 spiro atoms. The summed E-state index contributed by atoms with van der Waals surface area (Å²) < 4.78 is 21.3. The first kappa shape index (κ1) is 9.20. The van der Waals surface area contributed by atoms with Crippen molar-refractivity contribution in [2.75, 3.05) is 5.75 Å². The van der Waals surface area contributed by atoms with E-state index >= 15 is 0 Å². The molecule has 0 saturated carbocycles. The number of halogens is 1. The summed E-state index contributed by atoms with van der Waals surface area (Å²) in [6, 6.07) is 0. The van der Waals surface area contributed by atoms with Gasteiger partial charge in [0.2, 0.25) is 0 Å². The van der Waals surface area contributed by atoms with E-state index in [4.69, 9.17) is 5.73 Å². The third-order valence-corrected chi connectivity index (χ3v) is 3.39. The zero-order valence-corrected chi connectivity index (χ0v) is 6.54. The summed E-state index contributed by atoms with van der Waals surface area (Å²) >= 11 is 0. The van der Waals surface area contributed by atoms with Crippen molar-refractivity contribution in [2.24, 2.45) is 5.73 Å². The molecule has 1 aliphatic rings. The summed E-state index contributed by atoms with van der Waals surface area (Å²) in [4.78, 5) is 0. The highest BCUT2D eigenvalue weighted by Crippen LogP contribution is 2.14. The van der Waals surface area contributed by atoms with Crippen LogP contribution in [0.5, 0.6) is 0 Å². The Labute approximate surface area is 60.9 Å². The number of hydrogen-bond donors (Lipinski definition) is 1. The maximum atomic E-state index is 10.6. The minimum Gasteiger partial charge on any atom is -0.315 e. The fourth-order valence-corrected chi connectivity index (χ4v) is 2.21. The smallest absolute Gasteiger partial charge is 0.165 e. The van der Waals surface area contributed by atoms with E-state index in [-0.39, 0.29) is 18.2 Å². The number of rotatable bonds is 0. The zero-order valence-electron chi connectivity index (χ0n) is 4.91. The third kappa shape index (κ3) is 1.81. The molecule has 3 nitrogen and oxygen atoms in total. The van der Waals surface area contributed by atoms with Gasteiger partial charge in [-0.2, -0.15) is 0 Å². The molecular weight excluding hydrogens is 162 g/mol. The van der Waals surface area contributed by atoms with Gasteiger partial charge in [0.05, 0.1) is 5.75 Å². The molecule has 1 heterocycles. The van der Waals surface area contributed by atoms with Gasteiger partial charge in [0, 0.05) is 0 Å². The van der Waals surface area contributed by atoms with Crippen LogP contribution < -0.4 is 5.73 Å². The molecule has 0 amide bonds. The maximum absolute atomic E-state index is 10.6. The molecule has 1 saturated heterocycles. The summed E-state index contributed by atoms with van der Waals surface area (Å²) in [6.45, 7) is 0. The Balaban J connectivity index is 0.000000640. The van der Waals surface area contributed by atoms with Crippen LogP contribution in [0.25, 0.3) is 0 Å². The Morgan fingerprint density at radius 2 is 2.00 bits per heavy atom. The Morgan fingerprint density at radius 3 is 2.11 bits per heavy atom. The van der Waals surface area contributed by atoms with E-state index < -0.39 is 15.2 Å². The lowest BCUT2D eigenvalue weighted by Gasteiger charge is -1.96. The molecule has 1 aliphatic heterocycles. The highest BCUT2D eigenvalue weighted by atomic mass is 35.5. The molecule has 0 bridgehead atoms. The number of sulfone groups is 1. The molecule has 2 N–H and O–H groups in total. The molecule has 56 valence electrons. The van der Waals surface area contributed by atoms with Gasteiger partial charge in [-0.3, -0.25) is 0 Å². The first-order chi connectivity index (χ1) is 3.63. The van der Waals surface area contributed by atoms with E-state index in [9.17, 15) is 8.42 Å². The van der Waals surface area contributed by atoms with Crippen LogP contribution in [-0.2, 0) is 9.84 Å². The molecule has 9 heavy (non-hydrogen) atoms. The fourth-order valence-electron chi connectivity index (χ4n) is 0.817. The van der Waals surface area contributed by atoms with Crippen molar-refractivity contribution in [1.82, 2.24) is 0 Å². The average Bonchev–Trinajstić information content (AvgIpc) is 1.86. The minimum atomic E-state index is -2.85. The predicted molar refractivity (Wildman–Crippen MR) is 38.2 cm³/mol. The topological polar surface area (TPSA) is 60.2 Å². The molecule has 1 atom stereocenters. The van der Waals surface area contributed by atoms with E-state index in [1.807, 2.05) is 0 Å². The molecule has 0 aromatic carbocycles. The third-order valence-electron chi connectivity index (χ3n) is 1.38. The SMILES string of the molecule is Cl.NC1CCCS1(=O)=O. The minimum absolute atomic E-state index is 0. The van der Waals surface area contributed by atoms with E-state index in [1.165, 1.54) is 0 Å². The van der Waals surface area contributed by atoms with Crippen molar-refractivity contribution in [2.45, 2.75) is 18.2 Å². The molecule has 1 fully saturated rings. The second-order valence-corrected chi connectivity index (χ2v) is 4.39. The first-order valence-electron chi connectivity index (χ1n) is 2.60. The summed E-state index contributed by atoms with van der Waals surface area (Å²) in [6.07, 6.45) is 1.38. The van der Waals surface area contributed by atoms with Crippen molar-refractivity contribution < 1.29 is 8.42 Å². The Kier molecular flexibility index (Phi) is 2.92. The van der Waals surface area contributed by atoms with Crippen molar-refractivity contribution in [1.29, 1.82) is 0 Å². The van der Waals surface area contributed by atoms with Crippen molar-refractivity contribution in [3.05, 3.63) is 0 Å². The van der Waals surface area contributed by atoms with Gasteiger partial charge in [-0.15, -0.1) is 12.4 Å². The van der Waals surface area contributed by atoms with Gasteiger partial charge in [-0.25, -0.2) is 8.42 Å². The zero-order chi connectivity index (χ0) is 6.20. The van der Waals surface area contributed by atoms with Crippen LogP contribution in [-0.4, -0.2) is 19.5 Å². The van der Waals surface area contributed by atoms with E-state index in [1.54, 1.807) is 0 Å². The maximum Gasteiger partial charge on any atom is 0.165 e. The van der Waals surface area contributed by atoms with Crippen LogP contribution >= 0.6 is 12.4 Å². The number of nitrogens with two attached hydrogens (primary N) is 1. The Bertz CT molecular complexity index is 177. The standard InChI is InChI=1S/C4H9NO2S.ClH/c5-4-2-1-3-8(4,6)7;/h4H,1-3,5H2;1H. The average molecular weight is 172 g/mol. The molecule has 0 aromatic heterocycles. The largest absolute Gasteiger partial charge is 0.315 e. The summed E-state index contributed by atoms with van der Waals surface area (Å²) in [5.41, 5.74) is 5.22. The monoisotopic (exact) mass is 171 g/mol. The lowest BCUT2D eigenvalue weighted by Crippen LogP contribution is -2.25. The van der Waals surface area contributed by atoms with Crippen LogP contribution in [0.15, 0.2) is 0 Å². The summed E-state index contributed by atoms with van der Waals surface area (Å²) in [7, 11) is -2.85. The Morgan fingerprint density at radius 1 is 1.44 bits per heavy atom. The van der Waals surface area contributed by atoms with Gasteiger partial charge in [0.15, 0.2) is 9.84 Å². The van der Waals surface area contributed by atoms with Crippen LogP contribution in [0.3, 0.4) is 0 Å². The van der Waals surface area contributed by atoms with E-state index in [0.29, 0.717) is 6.42 Å². The van der Waals surface area contributed by atoms with Crippen molar-refractivity contribution in [3.63, 3.8) is 0 Å². The molecule has 0 radical (unpaired) electrons. The van der Waals surface area contributed by atoms with Crippen LogP contribution in [0.4, 0.5) is 0 Å². The normalized spacial score (nSPS) is 31.4. The van der Waals surface area contributed by atoms with E-state index in [2.05, 4.69) is 0 Å². The second kappa shape index (κ2) is 2.86. The van der Waals surface area contributed by atoms with Gasteiger partial charge in [0.1, 0.15) is 5.37 Å². The predicted octanol–water partition coefficient (Wildman–Crippen LogP) is -0.0984. The molecule has 1 rings (SSSR count). The van der Waals surface area contributed by atoms with Gasteiger partial charge in [0.25, 0.3) is 0 Å². The van der Waals surface area contributed by atoms with Gasteiger partial charge in [-0.1, -0.05) is 0 Å². The first-order valence-corrected chi connectivity index (χ1v) is 4.31. The summed E-state index contributed by atoms with van der Waals surface area (Å²) in [5.74, 6) is 0.286. The highest BCUT2D eigenvalue weighted by Gasteiger charge is 2.26. The molecule has 0 aliphatic carbocycles. The fraction of sp³-hybridized carbons (Fsp3) is 1.00. The van der Waals surface area contributed by atoms with Gasteiger partial charge < -0.3 is 5.73 Å². The van der Waals surface area contributed by atoms with Crippen LogP contribution in [0.2, 0.25) is 0 Å². The second-order valence-electron chi connectivity index (χ2n) is 2.05. The lowest BCUT2D eigenvalue weighted by molar-refractivity contribution is 0.591. The van der Waals surface area contributed by atoms with Crippen LogP contribution in [0.1, 0.15) is 12.8 Å². The van der Waals surface area contributed by atoms with Gasteiger partial charge >= 0.3 is 0 Å². The molecule has 1 unspecified atom stereocenters. The van der Waals surface area contributed by atoms with Crippen molar-refractivity contribution >= 4 is 22.2 Å². The van der Waals surface area contributed by atoms with Crippen LogP contribution in [0, 0.1) is 0 Å². The quantitative estimate of drug-likeness (QED) is 0.554.